The first-order chi connectivity index (χ1) is 9.22. The van der Waals surface area contributed by atoms with E-state index in [2.05, 4.69) is 27.6 Å². The van der Waals surface area contributed by atoms with Crippen molar-refractivity contribution in [2.45, 2.75) is 32.7 Å². The molecular weight excluding hydrogens is 389 g/mol. The van der Waals surface area contributed by atoms with E-state index < -0.39 is 5.41 Å². The lowest BCUT2D eigenvalue weighted by Crippen LogP contribution is -2.35. The highest BCUT2D eigenvalue weighted by Gasteiger charge is 2.28. The van der Waals surface area contributed by atoms with Gasteiger partial charge in [0.15, 0.2) is 0 Å². The molecule has 0 saturated carbocycles. The highest BCUT2D eigenvalue weighted by molar-refractivity contribution is 14.1. The summed E-state index contributed by atoms with van der Waals surface area (Å²) in [5, 5.41) is -0.233. The minimum absolute atomic E-state index is 0.233. The van der Waals surface area contributed by atoms with Gasteiger partial charge in [0.05, 0.1) is 21.8 Å². The lowest BCUT2D eigenvalue weighted by Gasteiger charge is -2.23. The Balaban J connectivity index is 2.60. The number of carbonyl (C=O) groups is 1. The molecule has 0 fully saturated rings. The van der Waals surface area contributed by atoms with Crippen molar-refractivity contribution in [3.05, 3.63) is 27.6 Å². The van der Waals surface area contributed by atoms with Gasteiger partial charge in [-0.3, -0.25) is 4.79 Å². The van der Waals surface area contributed by atoms with Crippen molar-refractivity contribution >= 4 is 51.1 Å². The zero-order valence-electron chi connectivity index (χ0n) is 11.7. The number of nitrogens with zero attached hydrogens (tertiary/aromatic N) is 2. The molecule has 0 aliphatic carbocycles. The third kappa shape index (κ3) is 2.93. The van der Waals surface area contributed by atoms with Gasteiger partial charge in [-0.2, -0.15) is 0 Å². The molecule has 20 heavy (non-hydrogen) atoms. The summed E-state index contributed by atoms with van der Waals surface area (Å²) < 4.78 is 3.11. The fourth-order valence-corrected chi connectivity index (χ4v) is 2.71. The number of carbonyl (C=O) groups excluding carboxylic acids is 1. The van der Waals surface area contributed by atoms with Crippen molar-refractivity contribution in [3.8, 4) is 0 Å². The Morgan fingerprint density at radius 1 is 1.55 bits per heavy atom. The number of primary amides is 1. The minimum Gasteiger partial charge on any atom is -0.369 e. The molecule has 1 aromatic carbocycles. The fourth-order valence-electron chi connectivity index (χ4n) is 2.06. The number of halogens is 2. The Bertz CT molecular complexity index is 664. The van der Waals surface area contributed by atoms with Crippen LogP contribution < -0.4 is 5.73 Å². The first kappa shape index (κ1) is 15.6. The van der Waals surface area contributed by atoms with Crippen molar-refractivity contribution in [1.29, 1.82) is 0 Å². The Hall–Kier alpha value is -0.820. The van der Waals surface area contributed by atoms with E-state index in [1.54, 1.807) is 0 Å². The molecule has 1 heterocycles. The summed E-state index contributed by atoms with van der Waals surface area (Å²) in [7, 11) is 0. The van der Waals surface area contributed by atoms with E-state index in [9.17, 15) is 4.79 Å². The summed E-state index contributed by atoms with van der Waals surface area (Å²) >= 11 is 8.48. The minimum atomic E-state index is -0.656. The van der Waals surface area contributed by atoms with Gasteiger partial charge in [-0.15, -0.1) is 11.6 Å². The maximum atomic E-state index is 11.6. The smallest absolute Gasteiger partial charge is 0.224 e. The Kier molecular flexibility index (Phi) is 4.30. The Morgan fingerprint density at radius 2 is 2.20 bits per heavy atom. The van der Waals surface area contributed by atoms with Crippen LogP contribution in [0.4, 0.5) is 0 Å². The highest BCUT2D eigenvalue weighted by atomic mass is 127. The van der Waals surface area contributed by atoms with Gasteiger partial charge < -0.3 is 10.3 Å². The first-order valence-electron chi connectivity index (χ1n) is 6.32. The third-order valence-electron chi connectivity index (χ3n) is 3.32. The highest BCUT2D eigenvalue weighted by Crippen LogP contribution is 2.29. The molecule has 1 unspecified atom stereocenters. The van der Waals surface area contributed by atoms with Gasteiger partial charge in [-0.25, -0.2) is 4.98 Å². The molecule has 4 nitrogen and oxygen atoms in total. The van der Waals surface area contributed by atoms with Gasteiger partial charge in [-0.1, -0.05) is 0 Å². The standard InChI is InChI=1S/C14H17ClIN3O/c1-8(15)12-18-10-6-9(16)4-5-11(10)19(12)7-14(2,3)13(17)20/h4-6,8H,7H2,1-3H3,(H2,17,20). The van der Waals surface area contributed by atoms with Crippen LogP contribution in [0.3, 0.4) is 0 Å². The zero-order chi connectivity index (χ0) is 15.1. The van der Waals surface area contributed by atoms with Crippen LogP contribution in [-0.4, -0.2) is 15.5 Å². The van der Waals surface area contributed by atoms with Crippen molar-refractivity contribution < 1.29 is 4.79 Å². The number of fused-ring (bicyclic) bond motifs is 1. The molecule has 0 aliphatic rings. The molecule has 2 aromatic rings. The van der Waals surface area contributed by atoms with Crippen molar-refractivity contribution in [2.75, 3.05) is 0 Å². The summed E-state index contributed by atoms with van der Waals surface area (Å²) in [4.78, 5) is 16.2. The van der Waals surface area contributed by atoms with Crippen LogP contribution in [-0.2, 0) is 11.3 Å². The molecule has 2 N–H and O–H groups in total. The summed E-state index contributed by atoms with van der Waals surface area (Å²) in [6, 6.07) is 6.03. The summed E-state index contributed by atoms with van der Waals surface area (Å²) in [5.41, 5.74) is 6.68. The molecule has 0 saturated heterocycles. The second-order valence-corrected chi connectivity index (χ2v) is 7.45. The molecule has 108 valence electrons. The number of nitrogens with two attached hydrogens (primary N) is 1. The Labute approximate surface area is 136 Å². The van der Waals surface area contributed by atoms with Crippen LogP contribution in [0.25, 0.3) is 11.0 Å². The van der Waals surface area contributed by atoms with Gasteiger partial charge in [0.1, 0.15) is 5.82 Å². The van der Waals surface area contributed by atoms with Gasteiger partial charge in [0.2, 0.25) is 5.91 Å². The van der Waals surface area contributed by atoms with Crippen molar-refractivity contribution in [2.24, 2.45) is 11.1 Å². The lowest BCUT2D eigenvalue weighted by atomic mass is 9.92. The monoisotopic (exact) mass is 405 g/mol. The number of rotatable bonds is 4. The molecule has 1 aromatic heterocycles. The average Bonchev–Trinajstić information content (AvgIpc) is 2.66. The van der Waals surface area contributed by atoms with Crippen LogP contribution in [0.15, 0.2) is 18.2 Å². The number of hydrogen-bond donors (Lipinski definition) is 1. The third-order valence-corrected chi connectivity index (χ3v) is 4.18. The predicted octanol–water partition coefficient (Wildman–Crippen LogP) is 3.45. The van der Waals surface area contributed by atoms with Gasteiger partial charge in [0.25, 0.3) is 0 Å². The van der Waals surface area contributed by atoms with E-state index in [1.807, 2.05) is 43.5 Å². The number of aromatic nitrogens is 2. The van der Waals surface area contributed by atoms with E-state index in [4.69, 9.17) is 17.3 Å². The predicted molar refractivity (Wildman–Crippen MR) is 89.7 cm³/mol. The van der Waals surface area contributed by atoms with E-state index in [-0.39, 0.29) is 11.3 Å². The number of hydrogen-bond acceptors (Lipinski definition) is 2. The van der Waals surface area contributed by atoms with E-state index >= 15 is 0 Å². The van der Waals surface area contributed by atoms with E-state index in [0.717, 1.165) is 20.4 Å². The van der Waals surface area contributed by atoms with Gasteiger partial charge in [0, 0.05) is 10.1 Å². The maximum Gasteiger partial charge on any atom is 0.224 e. The quantitative estimate of drug-likeness (QED) is 0.625. The number of amides is 1. The normalized spacial score (nSPS) is 13.7. The van der Waals surface area contributed by atoms with Crippen LogP contribution in [0.5, 0.6) is 0 Å². The second kappa shape index (κ2) is 5.52. The maximum absolute atomic E-state index is 11.6. The molecule has 2 rings (SSSR count). The molecule has 0 spiro atoms. The largest absolute Gasteiger partial charge is 0.369 e. The van der Waals surface area contributed by atoms with Crippen molar-refractivity contribution in [1.82, 2.24) is 9.55 Å². The fraction of sp³-hybridized carbons (Fsp3) is 0.429. The molecule has 0 bridgehead atoms. The molecule has 0 aliphatic heterocycles. The SMILES string of the molecule is CC(Cl)c1nc2cc(I)ccc2n1CC(C)(C)C(N)=O. The summed E-state index contributed by atoms with van der Waals surface area (Å²) in [6.07, 6.45) is 0. The van der Waals surface area contributed by atoms with Crippen LogP contribution >= 0.6 is 34.2 Å². The molecule has 1 amide bonds. The topological polar surface area (TPSA) is 60.9 Å². The van der Waals surface area contributed by atoms with Gasteiger partial charge >= 0.3 is 0 Å². The van der Waals surface area contributed by atoms with E-state index in [1.165, 1.54) is 0 Å². The van der Waals surface area contributed by atoms with Crippen LogP contribution in [0, 0.1) is 8.99 Å². The molecule has 6 heteroatoms. The average molecular weight is 406 g/mol. The zero-order valence-corrected chi connectivity index (χ0v) is 14.6. The Morgan fingerprint density at radius 3 is 2.75 bits per heavy atom. The summed E-state index contributed by atoms with van der Waals surface area (Å²) in [5.74, 6) is 0.427. The number of benzene rings is 1. The van der Waals surface area contributed by atoms with Crippen LogP contribution in [0.1, 0.15) is 32.0 Å². The lowest BCUT2D eigenvalue weighted by molar-refractivity contribution is -0.126. The van der Waals surface area contributed by atoms with Gasteiger partial charge in [-0.05, 0) is 61.6 Å². The number of alkyl halides is 1. The molecular formula is C14H17ClIN3O. The molecule has 0 radical (unpaired) electrons. The number of imidazole rings is 1. The molecule has 1 atom stereocenters. The first-order valence-corrected chi connectivity index (χ1v) is 7.83. The van der Waals surface area contributed by atoms with Crippen LogP contribution in [0.2, 0.25) is 0 Å². The summed E-state index contributed by atoms with van der Waals surface area (Å²) in [6.45, 7) is 6.00. The second-order valence-electron chi connectivity index (χ2n) is 5.55. The van der Waals surface area contributed by atoms with E-state index in [0.29, 0.717) is 6.54 Å². The van der Waals surface area contributed by atoms with Crippen molar-refractivity contribution in [3.63, 3.8) is 0 Å².